The number of hydrogen-bond donors (Lipinski definition) is 0. The van der Waals surface area contributed by atoms with E-state index in [4.69, 9.17) is 4.74 Å². The summed E-state index contributed by atoms with van der Waals surface area (Å²) in [5.41, 5.74) is 1.13. The van der Waals surface area contributed by atoms with Crippen molar-refractivity contribution in [1.82, 2.24) is 4.90 Å². The third kappa shape index (κ3) is 2.81. The van der Waals surface area contributed by atoms with Crippen molar-refractivity contribution < 1.29 is 19.1 Å². The maximum atomic E-state index is 13.9. The average molecular weight is 405 g/mol. The van der Waals surface area contributed by atoms with Gasteiger partial charge in [-0.15, -0.1) is 0 Å². The molecule has 154 valence electrons. The van der Waals surface area contributed by atoms with Crippen LogP contribution in [0.3, 0.4) is 0 Å². The number of aryl methyl sites for hydroxylation is 1. The van der Waals surface area contributed by atoms with Crippen molar-refractivity contribution in [1.29, 1.82) is 0 Å². The molecule has 2 aliphatic rings. The summed E-state index contributed by atoms with van der Waals surface area (Å²) >= 11 is 0. The van der Waals surface area contributed by atoms with E-state index in [1.165, 1.54) is 5.01 Å². The van der Waals surface area contributed by atoms with Gasteiger partial charge in [-0.2, -0.15) is 10.1 Å². The Kier molecular flexibility index (Phi) is 4.89. The minimum atomic E-state index is -1.55. The van der Waals surface area contributed by atoms with Crippen molar-refractivity contribution in [3.63, 3.8) is 0 Å². The van der Waals surface area contributed by atoms with Crippen LogP contribution in [0, 0.1) is 12.8 Å². The maximum absolute atomic E-state index is 13.9. The number of hydrazone groups is 1. The van der Waals surface area contributed by atoms with Crippen molar-refractivity contribution in [3.05, 3.63) is 65.7 Å². The molecule has 30 heavy (non-hydrogen) atoms. The lowest BCUT2D eigenvalue weighted by Gasteiger charge is -2.35. The SMILES string of the molecule is CCOC(=O)N1C(=O)C[C@@H](C)[C@@]12C(=O)N(c1ccccc1)N=C2c1ccc(C)cc1. The van der Waals surface area contributed by atoms with E-state index in [9.17, 15) is 14.4 Å². The lowest BCUT2D eigenvalue weighted by molar-refractivity contribution is -0.134. The van der Waals surface area contributed by atoms with Crippen LogP contribution in [-0.2, 0) is 14.3 Å². The molecule has 1 spiro atoms. The first kappa shape index (κ1) is 19.8. The summed E-state index contributed by atoms with van der Waals surface area (Å²) in [6.07, 6.45) is -0.771. The summed E-state index contributed by atoms with van der Waals surface area (Å²) in [6.45, 7) is 5.52. The van der Waals surface area contributed by atoms with Gasteiger partial charge >= 0.3 is 6.09 Å². The lowest BCUT2D eigenvalue weighted by Crippen LogP contribution is -2.62. The summed E-state index contributed by atoms with van der Waals surface area (Å²) in [5, 5.41) is 5.94. The van der Waals surface area contributed by atoms with Gasteiger partial charge in [0.05, 0.1) is 12.3 Å². The van der Waals surface area contributed by atoms with E-state index in [-0.39, 0.29) is 13.0 Å². The first-order valence-corrected chi connectivity index (χ1v) is 9.96. The number of para-hydroxylation sites is 1. The topological polar surface area (TPSA) is 79.3 Å². The Morgan fingerprint density at radius 3 is 2.43 bits per heavy atom. The van der Waals surface area contributed by atoms with Crippen LogP contribution in [0.1, 0.15) is 31.4 Å². The van der Waals surface area contributed by atoms with Gasteiger partial charge in [-0.1, -0.05) is 55.0 Å². The number of ether oxygens (including phenoxy) is 1. The van der Waals surface area contributed by atoms with E-state index in [1.807, 2.05) is 37.3 Å². The molecular weight excluding hydrogens is 382 g/mol. The van der Waals surface area contributed by atoms with Crippen LogP contribution >= 0.6 is 0 Å². The first-order valence-electron chi connectivity index (χ1n) is 9.96. The van der Waals surface area contributed by atoms with Gasteiger partial charge in [0.25, 0.3) is 5.91 Å². The summed E-state index contributed by atoms with van der Waals surface area (Å²) in [4.78, 5) is 40.6. The van der Waals surface area contributed by atoms with Crippen molar-refractivity contribution in [2.75, 3.05) is 11.6 Å². The molecule has 2 heterocycles. The minimum Gasteiger partial charge on any atom is -0.449 e. The van der Waals surface area contributed by atoms with E-state index >= 15 is 0 Å². The van der Waals surface area contributed by atoms with E-state index in [0.717, 1.165) is 10.5 Å². The third-order valence-electron chi connectivity index (χ3n) is 5.65. The first-order chi connectivity index (χ1) is 14.4. The molecule has 2 aliphatic heterocycles. The predicted molar refractivity (Wildman–Crippen MR) is 112 cm³/mol. The number of hydrogen-bond acceptors (Lipinski definition) is 5. The Hall–Kier alpha value is -3.48. The standard InChI is InChI=1S/C23H23N3O4/c1-4-30-22(29)25-19(27)14-16(3)23(25)20(17-12-10-15(2)11-13-17)24-26(21(23)28)18-8-6-5-7-9-18/h5-13,16H,4,14H2,1-3H3/t16-,23-/m1/s1. The molecule has 2 aromatic rings. The Balaban J connectivity index is 1.94. The Labute approximate surface area is 174 Å². The lowest BCUT2D eigenvalue weighted by atomic mass is 9.78. The van der Waals surface area contributed by atoms with Gasteiger partial charge in [-0.3, -0.25) is 9.59 Å². The Morgan fingerprint density at radius 2 is 1.80 bits per heavy atom. The summed E-state index contributed by atoms with van der Waals surface area (Å²) < 4.78 is 5.16. The van der Waals surface area contributed by atoms with Gasteiger partial charge in [0.1, 0.15) is 5.71 Å². The van der Waals surface area contributed by atoms with Crippen LogP contribution < -0.4 is 5.01 Å². The highest BCUT2D eigenvalue weighted by Gasteiger charge is 2.67. The number of nitrogens with zero attached hydrogens (tertiary/aromatic N) is 3. The molecule has 2 atom stereocenters. The molecule has 7 nitrogen and oxygen atoms in total. The normalized spacial score (nSPS) is 23.3. The number of carbonyl (C=O) groups excluding carboxylic acids is 3. The largest absolute Gasteiger partial charge is 0.449 e. The smallest absolute Gasteiger partial charge is 0.417 e. The number of amides is 3. The molecule has 7 heteroatoms. The van der Waals surface area contributed by atoms with Crippen molar-refractivity contribution >= 4 is 29.3 Å². The molecule has 0 radical (unpaired) electrons. The number of benzene rings is 2. The van der Waals surface area contributed by atoms with Crippen LogP contribution in [-0.4, -0.2) is 40.7 Å². The monoisotopic (exact) mass is 405 g/mol. The van der Waals surface area contributed by atoms with Crippen molar-refractivity contribution in [2.45, 2.75) is 32.7 Å². The van der Waals surface area contributed by atoms with Crippen LogP contribution in [0.5, 0.6) is 0 Å². The van der Waals surface area contributed by atoms with Gasteiger partial charge in [0.2, 0.25) is 5.91 Å². The van der Waals surface area contributed by atoms with Gasteiger partial charge in [-0.25, -0.2) is 9.69 Å². The molecule has 2 aromatic carbocycles. The summed E-state index contributed by atoms with van der Waals surface area (Å²) in [5.74, 6) is -1.34. The van der Waals surface area contributed by atoms with Crippen LogP contribution in [0.4, 0.5) is 10.5 Å². The second-order valence-electron chi connectivity index (χ2n) is 7.57. The number of rotatable bonds is 3. The molecule has 0 bridgehead atoms. The quantitative estimate of drug-likeness (QED) is 0.783. The zero-order valence-corrected chi connectivity index (χ0v) is 17.2. The molecule has 3 amide bonds. The second kappa shape index (κ2) is 7.40. The fraction of sp³-hybridized carbons (Fsp3) is 0.304. The minimum absolute atomic E-state index is 0.0536. The predicted octanol–water partition coefficient (Wildman–Crippen LogP) is 3.51. The fourth-order valence-electron chi connectivity index (χ4n) is 4.22. The number of imide groups is 1. The molecule has 0 aliphatic carbocycles. The van der Waals surface area contributed by atoms with Crippen LogP contribution in [0.15, 0.2) is 59.7 Å². The zero-order chi connectivity index (χ0) is 21.5. The molecular formula is C23H23N3O4. The van der Waals surface area contributed by atoms with Crippen LogP contribution in [0.25, 0.3) is 0 Å². The summed E-state index contributed by atoms with van der Waals surface area (Å²) in [6, 6.07) is 16.5. The molecule has 0 aromatic heterocycles. The fourth-order valence-corrected chi connectivity index (χ4v) is 4.22. The molecule has 0 saturated carbocycles. The average Bonchev–Trinajstić information content (AvgIpc) is 3.18. The number of carbonyl (C=O) groups is 3. The molecule has 1 fully saturated rings. The Bertz CT molecular complexity index is 1030. The van der Waals surface area contributed by atoms with E-state index in [2.05, 4.69) is 5.10 Å². The molecule has 4 rings (SSSR count). The van der Waals surface area contributed by atoms with E-state index in [0.29, 0.717) is 17.0 Å². The van der Waals surface area contributed by atoms with Crippen molar-refractivity contribution in [3.8, 4) is 0 Å². The van der Waals surface area contributed by atoms with Gasteiger partial charge in [0, 0.05) is 17.9 Å². The van der Waals surface area contributed by atoms with Crippen molar-refractivity contribution in [2.24, 2.45) is 11.0 Å². The third-order valence-corrected chi connectivity index (χ3v) is 5.65. The van der Waals surface area contributed by atoms with E-state index < -0.39 is 29.4 Å². The highest BCUT2D eigenvalue weighted by Crippen LogP contribution is 2.45. The summed E-state index contributed by atoms with van der Waals surface area (Å²) in [7, 11) is 0. The highest BCUT2D eigenvalue weighted by atomic mass is 16.6. The molecule has 1 saturated heterocycles. The highest BCUT2D eigenvalue weighted by molar-refractivity contribution is 6.32. The Morgan fingerprint density at radius 1 is 1.13 bits per heavy atom. The molecule has 0 N–H and O–H groups in total. The maximum Gasteiger partial charge on any atom is 0.417 e. The van der Waals surface area contributed by atoms with Gasteiger partial charge in [0.15, 0.2) is 5.54 Å². The van der Waals surface area contributed by atoms with Gasteiger partial charge < -0.3 is 4.74 Å². The molecule has 0 unspecified atom stereocenters. The van der Waals surface area contributed by atoms with E-state index in [1.54, 1.807) is 38.1 Å². The van der Waals surface area contributed by atoms with Crippen LogP contribution in [0.2, 0.25) is 0 Å². The number of anilines is 1. The van der Waals surface area contributed by atoms with Gasteiger partial charge in [-0.05, 0) is 26.0 Å². The zero-order valence-electron chi connectivity index (χ0n) is 17.2. The second-order valence-corrected chi connectivity index (χ2v) is 7.57. The number of likely N-dealkylation sites (tertiary alicyclic amines) is 1.